The van der Waals surface area contributed by atoms with Gasteiger partial charge in [-0.05, 0) is 69.2 Å². The van der Waals surface area contributed by atoms with E-state index < -0.39 is 10.0 Å². The van der Waals surface area contributed by atoms with Crippen molar-refractivity contribution in [1.29, 1.82) is 0 Å². The van der Waals surface area contributed by atoms with E-state index in [9.17, 15) is 13.2 Å². The van der Waals surface area contributed by atoms with Crippen molar-refractivity contribution >= 4 is 21.6 Å². The number of sulfonamides is 1. The number of nitrogens with one attached hydrogen (secondary N) is 1. The summed E-state index contributed by atoms with van der Waals surface area (Å²) in [6.45, 7) is 9.37. The second-order valence-corrected chi connectivity index (χ2v) is 8.55. The molecule has 156 valence electrons. The maximum atomic E-state index is 12.9. The van der Waals surface area contributed by atoms with Crippen molar-refractivity contribution in [3.8, 4) is 11.5 Å². The van der Waals surface area contributed by atoms with Crippen molar-refractivity contribution in [3.05, 3.63) is 47.0 Å². The van der Waals surface area contributed by atoms with Gasteiger partial charge in [-0.1, -0.05) is 0 Å². The summed E-state index contributed by atoms with van der Waals surface area (Å²) >= 11 is 0. The maximum Gasteiger partial charge on any atom is 0.261 e. The van der Waals surface area contributed by atoms with E-state index in [0.717, 1.165) is 11.1 Å². The summed E-state index contributed by atoms with van der Waals surface area (Å²) in [5, 5.41) is 0. The Morgan fingerprint density at radius 1 is 1.14 bits per heavy atom. The summed E-state index contributed by atoms with van der Waals surface area (Å²) in [6, 6.07) is 7.91. The second kappa shape index (κ2) is 8.32. The van der Waals surface area contributed by atoms with Gasteiger partial charge in [0.15, 0.2) is 0 Å². The Morgan fingerprint density at radius 3 is 2.45 bits per heavy atom. The second-order valence-electron chi connectivity index (χ2n) is 6.87. The van der Waals surface area contributed by atoms with Crippen molar-refractivity contribution in [3.63, 3.8) is 0 Å². The zero-order valence-corrected chi connectivity index (χ0v) is 17.9. The number of amides is 1. The van der Waals surface area contributed by atoms with E-state index in [1.165, 1.54) is 6.07 Å². The lowest BCUT2D eigenvalue weighted by molar-refractivity contribution is 0.0765. The van der Waals surface area contributed by atoms with E-state index in [4.69, 9.17) is 9.47 Å². The van der Waals surface area contributed by atoms with Gasteiger partial charge < -0.3 is 14.4 Å². The van der Waals surface area contributed by atoms with Crippen molar-refractivity contribution in [2.75, 3.05) is 31.0 Å². The lowest BCUT2D eigenvalue weighted by atomic mass is 10.1. The highest BCUT2D eigenvalue weighted by Crippen LogP contribution is 2.30. The molecule has 1 amide bonds. The molecule has 2 aromatic rings. The Bertz CT molecular complexity index is 1010. The summed E-state index contributed by atoms with van der Waals surface area (Å²) in [6.07, 6.45) is 0. The molecule has 1 heterocycles. The number of anilines is 1. The molecule has 1 aliphatic rings. The van der Waals surface area contributed by atoms with Gasteiger partial charge in [0.05, 0.1) is 23.6 Å². The van der Waals surface area contributed by atoms with E-state index in [1.54, 1.807) is 29.2 Å². The average molecular weight is 419 g/mol. The normalized spacial score (nSPS) is 14.1. The minimum absolute atomic E-state index is 0.142. The molecule has 0 fully saturated rings. The van der Waals surface area contributed by atoms with Crippen LogP contribution in [0, 0.1) is 13.8 Å². The molecule has 29 heavy (non-hydrogen) atoms. The van der Waals surface area contributed by atoms with Crippen molar-refractivity contribution in [2.45, 2.75) is 32.6 Å². The average Bonchev–Trinajstić information content (AvgIpc) is 2.83. The molecular formula is C21H26N2O5S. The van der Waals surface area contributed by atoms with Crippen LogP contribution in [0.1, 0.15) is 35.3 Å². The smallest absolute Gasteiger partial charge is 0.261 e. The Morgan fingerprint density at radius 2 is 1.83 bits per heavy atom. The number of ether oxygens (including phenoxy) is 2. The van der Waals surface area contributed by atoms with Crippen molar-refractivity contribution in [1.82, 2.24) is 4.90 Å². The van der Waals surface area contributed by atoms with Gasteiger partial charge in [-0.3, -0.25) is 9.52 Å². The lowest BCUT2D eigenvalue weighted by Gasteiger charge is -2.17. The quantitative estimate of drug-likeness (QED) is 0.778. The number of benzene rings is 2. The molecule has 8 heteroatoms. The number of rotatable bonds is 6. The van der Waals surface area contributed by atoms with Crippen molar-refractivity contribution in [2.24, 2.45) is 0 Å². The van der Waals surface area contributed by atoms with E-state index in [1.807, 2.05) is 27.7 Å². The van der Waals surface area contributed by atoms with E-state index in [2.05, 4.69) is 4.72 Å². The summed E-state index contributed by atoms with van der Waals surface area (Å²) in [5.41, 5.74) is 2.15. The first kappa shape index (κ1) is 21.0. The molecule has 0 unspecified atom stereocenters. The highest BCUT2D eigenvalue weighted by molar-refractivity contribution is 7.92. The molecule has 0 aromatic heterocycles. The molecule has 0 spiro atoms. The third-order valence-corrected chi connectivity index (χ3v) is 6.14. The monoisotopic (exact) mass is 418 g/mol. The zero-order valence-electron chi connectivity index (χ0n) is 17.1. The van der Waals surface area contributed by atoms with Gasteiger partial charge in [-0.25, -0.2) is 8.42 Å². The Labute approximate surface area is 171 Å². The molecule has 1 aliphatic heterocycles. The minimum atomic E-state index is -3.83. The van der Waals surface area contributed by atoms with Crippen LogP contribution in [-0.2, 0) is 10.0 Å². The van der Waals surface area contributed by atoms with Crippen LogP contribution in [0.25, 0.3) is 0 Å². The van der Waals surface area contributed by atoms with Crippen LogP contribution in [0.4, 0.5) is 5.69 Å². The molecule has 0 radical (unpaired) electrons. The summed E-state index contributed by atoms with van der Waals surface area (Å²) in [7, 11) is -3.83. The lowest BCUT2D eigenvalue weighted by Crippen LogP contribution is -2.32. The predicted molar refractivity (Wildman–Crippen MR) is 111 cm³/mol. The van der Waals surface area contributed by atoms with E-state index >= 15 is 0 Å². The van der Waals surface area contributed by atoms with E-state index in [0.29, 0.717) is 49.1 Å². The third-order valence-electron chi connectivity index (χ3n) is 4.78. The first-order valence-electron chi connectivity index (χ1n) is 9.59. The maximum absolute atomic E-state index is 12.9. The van der Waals surface area contributed by atoms with Crippen LogP contribution in [-0.4, -0.2) is 45.5 Å². The number of aryl methyl sites for hydroxylation is 2. The van der Waals surface area contributed by atoms with Gasteiger partial charge in [-0.2, -0.15) is 0 Å². The SMILES string of the molecule is CCOc1c(C)cc(S(=O)(=O)Nc2ccc3c(c2)C(=O)N(CC)CCO3)cc1C. The van der Waals surface area contributed by atoms with Gasteiger partial charge >= 0.3 is 0 Å². The van der Waals surface area contributed by atoms with Gasteiger partial charge in [0.1, 0.15) is 18.1 Å². The fraction of sp³-hybridized carbons (Fsp3) is 0.381. The third kappa shape index (κ3) is 4.32. The number of carbonyl (C=O) groups is 1. The Hall–Kier alpha value is -2.74. The highest BCUT2D eigenvalue weighted by Gasteiger charge is 2.24. The molecule has 1 N–H and O–H groups in total. The number of nitrogens with zero attached hydrogens (tertiary/aromatic N) is 1. The van der Waals surface area contributed by atoms with Crippen LogP contribution >= 0.6 is 0 Å². The molecule has 0 bridgehead atoms. The fourth-order valence-corrected chi connectivity index (χ4v) is 4.60. The summed E-state index contributed by atoms with van der Waals surface area (Å²) in [4.78, 5) is 14.5. The zero-order chi connectivity index (χ0) is 21.2. The summed E-state index contributed by atoms with van der Waals surface area (Å²) in [5.74, 6) is 0.981. The fourth-order valence-electron chi connectivity index (χ4n) is 3.38. The largest absolute Gasteiger partial charge is 0.493 e. The van der Waals surface area contributed by atoms with Gasteiger partial charge in [0.25, 0.3) is 15.9 Å². The number of carbonyl (C=O) groups excluding carboxylic acids is 1. The molecule has 0 atom stereocenters. The Balaban J connectivity index is 1.93. The number of likely N-dealkylation sites (N-methyl/N-ethyl adjacent to an activating group) is 1. The number of hydrogen-bond donors (Lipinski definition) is 1. The number of fused-ring (bicyclic) bond motifs is 1. The van der Waals surface area contributed by atoms with Gasteiger partial charge in [0.2, 0.25) is 0 Å². The van der Waals surface area contributed by atoms with Gasteiger partial charge in [0, 0.05) is 12.2 Å². The van der Waals surface area contributed by atoms with Crippen LogP contribution in [0.5, 0.6) is 11.5 Å². The standard InChI is InChI=1S/C21H26N2O5S/c1-5-23-9-10-28-19-8-7-16(13-18(19)21(23)24)22-29(25,26)17-11-14(3)20(27-6-2)15(4)12-17/h7-8,11-13,22H,5-6,9-10H2,1-4H3. The van der Waals surface area contributed by atoms with Gasteiger partial charge in [-0.15, -0.1) is 0 Å². The Kier molecular flexibility index (Phi) is 6.02. The van der Waals surface area contributed by atoms with Crippen molar-refractivity contribution < 1.29 is 22.7 Å². The number of hydrogen-bond acceptors (Lipinski definition) is 5. The van der Waals surface area contributed by atoms with Crippen LogP contribution in [0.15, 0.2) is 35.2 Å². The first-order valence-corrected chi connectivity index (χ1v) is 11.1. The van der Waals surface area contributed by atoms with Crippen LogP contribution in [0.3, 0.4) is 0 Å². The molecule has 0 saturated carbocycles. The minimum Gasteiger partial charge on any atom is -0.493 e. The topological polar surface area (TPSA) is 84.9 Å². The summed E-state index contributed by atoms with van der Waals surface area (Å²) < 4.78 is 39.7. The molecule has 3 rings (SSSR count). The van der Waals surface area contributed by atoms with Crippen LogP contribution in [0.2, 0.25) is 0 Å². The molecule has 0 saturated heterocycles. The predicted octanol–water partition coefficient (Wildman–Crippen LogP) is 3.36. The molecule has 0 aliphatic carbocycles. The van der Waals surface area contributed by atoms with Crippen LogP contribution < -0.4 is 14.2 Å². The molecule has 7 nitrogen and oxygen atoms in total. The van der Waals surface area contributed by atoms with E-state index in [-0.39, 0.29) is 10.8 Å². The highest BCUT2D eigenvalue weighted by atomic mass is 32.2. The molecular weight excluding hydrogens is 392 g/mol. The first-order chi connectivity index (χ1) is 13.8. The molecule has 2 aromatic carbocycles.